The van der Waals surface area contributed by atoms with Crippen molar-refractivity contribution >= 4 is 36.5 Å². The molecular weight excluding hydrogens is 494 g/mol. The Morgan fingerprint density at radius 1 is 1.00 bits per heavy atom. The van der Waals surface area contributed by atoms with E-state index >= 15 is 0 Å². The molecule has 3 aromatic carbocycles. The van der Waals surface area contributed by atoms with E-state index in [2.05, 4.69) is 93.8 Å². The van der Waals surface area contributed by atoms with Crippen LogP contribution in [0.25, 0.3) is 0 Å². The van der Waals surface area contributed by atoms with Gasteiger partial charge in [0.25, 0.3) is 14.0 Å². The molecule has 0 saturated carbocycles. The minimum Gasteiger partial charge on any atom is -0.407 e. The Bertz CT molecular complexity index is 1240. The summed E-state index contributed by atoms with van der Waals surface area (Å²) in [6.07, 6.45) is 1.26. The number of benzene rings is 3. The maximum Gasteiger partial charge on any atom is 0.269 e. The molecule has 0 aromatic heterocycles. The molecule has 8 heteroatoms. The number of non-ortho nitro benzene ring substituents is 1. The van der Waals surface area contributed by atoms with Gasteiger partial charge in [0.2, 0.25) is 6.41 Å². The van der Waals surface area contributed by atoms with Gasteiger partial charge in [0.1, 0.15) is 0 Å². The maximum atomic E-state index is 11.5. The van der Waals surface area contributed by atoms with Crippen LogP contribution in [0, 0.1) is 15.5 Å². The molecular formula is C30H37N3O4Si. The van der Waals surface area contributed by atoms with E-state index in [1.165, 1.54) is 16.4 Å². The fourth-order valence-electron chi connectivity index (χ4n) is 5.60. The van der Waals surface area contributed by atoms with E-state index in [-0.39, 0.29) is 28.2 Å². The molecule has 2 atom stereocenters. The second kappa shape index (κ2) is 10.7. The van der Waals surface area contributed by atoms with Gasteiger partial charge >= 0.3 is 0 Å². The molecule has 2 N–H and O–H groups in total. The largest absolute Gasteiger partial charge is 0.407 e. The molecule has 0 saturated heterocycles. The van der Waals surface area contributed by atoms with Crippen molar-refractivity contribution in [3.05, 3.63) is 94.5 Å². The van der Waals surface area contributed by atoms with Crippen molar-refractivity contribution in [3.63, 3.8) is 0 Å². The third-order valence-electron chi connectivity index (χ3n) is 7.71. The fourth-order valence-corrected chi connectivity index (χ4v) is 10.3. The lowest BCUT2D eigenvalue weighted by atomic mass is 9.78. The summed E-state index contributed by atoms with van der Waals surface area (Å²) in [6.45, 7) is 11.6. The van der Waals surface area contributed by atoms with Crippen LogP contribution in [-0.4, -0.2) is 32.3 Å². The predicted molar refractivity (Wildman–Crippen MR) is 154 cm³/mol. The predicted octanol–water partition coefficient (Wildman–Crippen LogP) is 5.17. The van der Waals surface area contributed by atoms with Crippen molar-refractivity contribution < 1.29 is 14.1 Å². The first-order chi connectivity index (χ1) is 18.0. The number of nitro benzene ring substituents is 1. The molecule has 0 aliphatic carbocycles. The van der Waals surface area contributed by atoms with Crippen LogP contribution >= 0.6 is 0 Å². The first kappa shape index (κ1) is 27.5. The van der Waals surface area contributed by atoms with Crippen LogP contribution in [0.15, 0.2) is 78.9 Å². The highest BCUT2D eigenvalue weighted by molar-refractivity contribution is 6.99. The molecule has 38 heavy (non-hydrogen) atoms. The van der Waals surface area contributed by atoms with Crippen LogP contribution in [0.5, 0.6) is 0 Å². The molecule has 0 spiro atoms. The van der Waals surface area contributed by atoms with E-state index in [9.17, 15) is 14.9 Å². The van der Waals surface area contributed by atoms with Gasteiger partial charge in [0.05, 0.1) is 11.0 Å². The van der Waals surface area contributed by atoms with Crippen molar-refractivity contribution in [2.24, 2.45) is 5.41 Å². The quantitative estimate of drug-likeness (QED) is 0.172. The van der Waals surface area contributed by atoms with Gasteiger partial charge in [-0.05, 0) is 27.9 Å². The monoisotopic (exact) mass is 531 g/mol. The van der Waals surface area contributed by atoms with Crippen LogP contribution in [0.1, 0.15) is 52.6 Å². The number of amides is 1. The minimum atomic E-state index is -2.72. The van der Waals surface area contributed by atoms with Gasteiger partial charge in [-0.25, -0.2) is 0 Å². The molecule has 7 nitrogen and oxygen atoms in total. The topological polar surface area (TPSA) is 93.5 Å². The van der Waals surface area contributed by atoms with Gasteiger partial charge in [0.15, 0.2) is 0 Å². The van der Waals surface area contributed by atoms with E-state index in [0.717, 1.165) is 11.3 Å². The van der Waals surface area contributed by atoms with Crippen molar-refractivity contribution in [1.82, 2.24) is 5.32 Å². The third kappa shape index (κ3) is 5.24. The molecule has 1 amide bonds. The summed E-state index contributed by atoms with van der Waals surface area (Å²) in [4.78, 5) is 22.4. The van der Waals surface area contributed by atoms with E-state index in [1.54, 1.807) is 12.1 Å². The average Bonchev–Trinajstić information content (AvgIpc) is 2.89. The molecule has 1 aliphatic rings. The number of carbonyl (C=O) groups is 1. The highest BCUT2D eigenvalue weighted by Crippen LogP contribution is 2.42. The van der Waals surface area contributed by atoms with Crippen LogP contribution < -0.4 is 21.0 Å². The van der Waals surface area contributed by atoms with Gasteiger partial charge in [-0.2, -0.15) is 0 Å². The van der Waals surface area contributed by atoms with E-state index in [4.69, 9.17) is 4.43 Å². The number of hydrogen-bond donors (Lipinski definition) is 2. The summed E-state index contributed by atoms with van der Waals surface area (Å²) in [6, 6.07) is 25.5. The first-order valence-corrected chi connectivity index (χ1v) is 14.9. The molecule has 200 valence electrons. The molecule has 0 fully saturated rings. The smallest absolute Gasteiger partial charge is 0.269 e. The second-order valence-corrected chi connectivity index (χ2v) is 16.0. The Morgan fingerprint density at radius 2 is 1.58 bits per heavy atom. The summed E-state index contributed by atoms with van der Waals surface area (Å²) in [5, 5.41) is 20.1. The Kier molecular flexibility index (Phi) is 7.76. The Hall–Kier alpha value is -3.49. The SMILES string of the molecule is CC(C)(CO[Si](c1ccccc1)(c1ccccc1)C(C)(C)C)[C@@H]1C[C@H](NC=O)c2cc([N+](=O)[O-])ccc2N1. The zero-order valence-electron chi connectivity index (χ0n) is 22.7. The van der Waals surface area contributed by atoms with E-state index < -0.39 is 13.2 Å². The molecule has 0 unspecified atom stereocenters. The van der Waals surface area contributed by atoms with Crippen molar-refractivity contribution in [1.29, 1.82) is 0 Å². The van der Waals surface area contributed by atoms with Gasteiger partial charge in [-0.1, -0.05) is 95.3 Å². The molecule has 1 aliphatic heterocycles. The third-order valence-corrected chi connectivity index (χ3v) is 12.7. The zero-order valence-corrected chi connectivity index (χ0v) is 23.7. The number of nitrogens with zero attached hydrogens (tertiary/aromatic N) is 1. The summed E-state index contributed by atoms with van der Waals surface area (Å²) in [5.41, 5.74) is 1.21. The average molecular weight is 532 g/mol. The number of rotatable bonds is 9. The van der Waals surface area contributed by atoms with Gasteiger partial charge in [-0.15, -0.1) is 0 Å². The summed E-state index contributed by atoms with van der Waals surface area (Å²) in [5.74, 6) is 0. The lowest BCUT2D eigenvalue weighted by Crippen LogP contribution is -2.67. The minimum absolute atomic E-state index is 0.0102. The lowest BCUT2D eigenvalue weighted by Gasteiger charge is -2.47. The standard InChI is InChI=1S/C30H37N3O4Si/c1-29(2,3)38(23-12-8-6-9-13-23,24-14-10-7-11-15-24)37-20-30(4,5)28-19-27(31-21-34)25-18-22(33(35)36)16-17-26(25)32-28/h6-18,21,27-28,32H,19-20H2,1-5H3,(H,31,34)/t27-,28-/m0/s1. The number of nitro groups is 1. The number of nitrogens with one attached hydrogen (secondary N) is 2. The van der Waals surface area contributed by atoms with Crippen LogP contribution in [-0.2, 0) is 9.22 Å². The van der Waals surface area contributed by atoms with E-state index in [1.807, 2.05) is 12.1 Å². The number of anilines is 1. The molecule has 3 aromatic rings. The van der Waals surface area contributed by atoms with Crippen LogP contribution in [0.2, 0.25) is 5.04 Å². The summed E-state index contributed by atoms with van der Waals surface area (Å²) in [7, 11) is -2.72. The van der Waals surface area contributed by atoms with Crippen molar-refractivity contribution in [2.45, 2.75) is 58.2 Å². The van der Waals surface area contributed by atoms with Crippen molar-refractivity contribution in [2.75, 3.05) is 11.9 Å². The van der Waals surface area contributed by atoms with Crippen LogP contribution in [0.4, 0.5) is 11.4 Å². The van der Waals surface area contributed by atoms with E-state index in [0.29, 0.717) is 19.4 Å². The van der Waals surface area contributed by atoms with Gasteiger partial charge in [-0.3, -0.25) is 14.9 Å². The summed E-state index contributed by atoms with van der Waals surface area (Å²) >= 11 is 0. The fraction of sp³-hybridized carbons (Fsp3) is 0.367. The Labute approximate surface area is 225 Å². The number of carbonyl (C=O) groups excluding carboxylic acids is 1. The zero-order chi connectivity index (χ0) is 27.6. The van der Waals surface area contributed by atoms with Gasteiger partial charge in [0, 0.05) is 41.4 Å². The molecule has 0 radical (unpaired) electrons. The molecule has 1 heterocycles. The summed E-state index contributed by atoms with van der Waals surface area (Å²) < 4.78 is 7.24. The molecule has 4 rings (SSSR count). The first-order valence-electron chi connectivity index (χ1n) is 13.0. The van der Waals surface area contributed by atoms with Gasteiger partial charge < -0.3 is 15.1 Å². The Morgan fingerprint density at radius 3 is 2.08 bits per heavy atom. The van der Waals surface area contributed by atoms with Crippen molar-refractivity contribution in [3.8, 4) is 0 Å². The normalized spacial score (nSPS) is 17.7. The number of hydrogen-bond acceptors (Lipinski definition) is 5. The highest BCUT2D eigenvalue weighted by atomic mass is 28.4. The maximum absolute atomic E-state index is 11.5. The van der Waals surface area contributed by atoms with Crippen LogP contribution in [0.3, 0.4) is 0 Å². The highest BCUT2D eigenvalue weighted by Gasteiger charge is 2.51. The molecule has 0 bridgehead atoms. The lowest BCUT2D eigenvalue weighted by molar-refractivity contribution is -0.384. The second-order valence-electron chi connectivity index (χ2n) is 11.7. The Balaban J connectivity index is 1.69. The number of fused-ring (bicyclic) bond motifs is 1.